The minimum Gasteiger partial charge on any atom is -0.457 e. The van der Waals surface area contributed by atoms with Crippen LogP contribution in [0.15, 0.2) is 146 Å². The zero-order chi connectivity index (χ0) is 63.3. The number of hydrogen-bond donors (Lipinski definition) is 0. The van der Waals surface area contributed by atoms with Gasteiger partial charge in [-0.25, -0.2) is 61.5 Å². The molecule has 0 amide bonds. The van der Waals surface area contributed by atoms with Crippen LogP contribution in [0.1, 0.15) is 47.8 Å². The Kier molecular flexibility index (Phi) is 16.4. The molecule has 0 fully saturated rings. The fraction of sp³-hybridized carbons (Fsp3) is 0. The lowest BCUT2D eigenvalue weighted by Gasteiger charge is -2.15. The third kappa shape index (κ3) is 11.1. The highest BCUT2D eigenvalue weighted by atomic mass is 19.2. The van der Waals surface area contributed by atoms with E-state index in [4.69, 9.17) is 18.9 Å². The lowest BCUT2D eigenvalue weighted by atomic mass is 10.0. The predicted molar refractivity (Wildman–Crippen MR) is 272 cm³/mol. The first-order valence-electron chi connectivity index (χ1n) is 24.6. The molecule has 0 N–H and O–H groups in total. The Morgan fingerprint density at radius 2 is 0.318 bits per heavy atom. The number of ketones is 3. The fourth-order valence-corrected chi connectivity index (χ4v) is 8.54. The molecular weight excluding hydrogens is 1210 g/mol. The first-order valence-corrected chi connectivity index (χ1v) is 24.6. The summed E-state index contributed by atoms with van der Waals surface area (Å²) in [5.41, 5.74) is -8.30. The number of rotatable bonds is 16. The van der Waals surface area contributed by atoms with Crippen molar-refractivity contribution >= 4 is 17.3 Å². The molecule has 0 aliphatic rings. The minimum atomic E-state index is -2.72. The fourth-order valence-electron chi connectivity index (χ4n) is 8.54. The molecule has 0 unspecified atom stereocenters. The Morgan fingerprint density at radius 3 is 0.489 bits per heavy atom. The molecule has 0 aliphatic heterocycles. The van der Waals surface area contributed by atoms with Gasteiger partial charge in [-0.05, 0) is 146 Å². The van der Waals surface area contributed by atoms with E-state index < -0.39 is 162 Å². The summed E-state index contributed by atoms with van der Waals surface area (Å²) in [7, 11) is 0. The van der Waals surface area contributed by atoms with Gasteiger partial charge in [0.2, 0.25) is 46.4 Å². The lowest BCUT2D eigenvalue weighted by molar-refractivity contribution is 0.103. The van der Waals surface area contributed by atoms with Gasteiger partial charge in [-0.1, -0.05) is 0 Å². The molecule has 25 heteroatoms. The quantitative estimate of drug-likeness (QED) is 0.0412. The van der Waals surface area contributed by atoms with Crippen molar-refractivity contribution in [3.05, 3.63) is 284 Å². The zero-order valence-electron chi connectivity index (χ0n) is 43.0. The topological polar surface area (TPSA) is 88.1 Å². The number of hydrogen-bond acceptors (Lipinski definition) is 7. The third-order valence-corrected chi connectivity index (χ3v) is 13.0. The van der Waals surface area contributed by atoms with Gasteiger partial charge in [-0.2, -0.15) is 17.6 Å². The summed E-state index contributed by atoms with van der Waals surface area (Å²) in [6.45, 7) is 0. The van der Waals surface area contributed by atoms with Crippen LogP contribution in [0.25, 0.3) is 22.3 Å². The normalized spacial score (nSPS) is 11.2. The highest BCUT2D eigenvalue weighted by Crippen LogP contribution is 2.44. The van der Waals surface area contributed by atoms with Gasteiger partial charge < -0.3 is 18.9 Å². The standard InChI is InChI=1S/C63H24F18O7/c64-41-37(42(65)50(73)53(76)49(41)72)39-45(68)55(78)62(56(79)46(39)69)87-35-21-9-29(10-22-35)60(83)27-5-17-33(18-6-27)85-31-13-1-25(2-14-31)59(82)26-3-15-32(16-4-26)86-34-19-7-28(8-20-34)61(84)30-11-23-36(24-12-30)88-63-57(80)47(70)40(48(71)58(63)81)38-43(66)51(74)54(77)52(75)44(38)67/h1-24H. The molecule has 444 valence electrons. The third-order valence-electron chi connectivity index (χ3n) is 13.0. The molecule has 0 heterocycles. The molecule has 10 aromatic carbocycles. The highest BCUT2D eigenvalue weighted by Gasteiger charge is 2.37. The first-order chi connectivity index (χ1) is 41.9. The van der Waals surface area contributed by atoms with Crippen LogP contribution in [0.4, 0.5) is 79.0 Å². The van der Waals surface area contributed by atoms with Crippen molar-refractivity contribution in [2.24, 2.45) is 0 Å². The van der Waals surface area contributed by atoms with E-state index in [1.807, 2.05) is 0 Å². The summed E-state index contributed by atoms with van der Waals surface area (Å²) in [4.78, 5) is 39.8. The lowest BCUT2D eigenvalue weighted by Crippen LogP contribution is -2.09. The van der Waals surface area contributed by atoms with Crippen molar-refractivity contribution in [3.8, 4) is 68.2 Å². The van der Waals surface area contributed by atoms with Crippen LogP contribution in [0.3, 0.4) is 0 Å². The maximum atomic E-state index is 15.0. The predicted octanol–water partition coefficient (Wildman–Crippen LogP) is 18.4. The van der Waals surface area contributed by atoms with Gasteiger partial charge in [0, 0.05) is 33.4 Å². The average Bonchev–Trinajstić information content (AvgIpc) is 1.11. The van der Waals surface area contributed by atoms with Crippen molar-refractivity contribution in [2.45, 2.75) is 0 Å². The van der Waals surface area contributed by atoms with Crippen LogP contribution in [-0.4, -0.2) is 17.3 Å². The molecule has 0 bridgehead atoms. The van der Waals surface area contributed by atoms with Crippen molar-refractivity contribution in [2.75, 3.05) is 0 Å². The second kappa shape index (κ2) is 23.9. The minimum absolute atomic E-state index is 0.0262. The van der Waals surface area contributed by atoms with Gasteiger partial charge in [0.15, 0.2) is 87.2 Å². The van der Waals surface area contributed by atoms with E-state index in [9.17, 15) is 75.8 Å². The summed E-state index contributed by atoms with van der Waals surface area (Å²) in [6, 6.07) is 31.5. The van der Waals surface area contributed by atoms with Crippen LogP contribution in [-0.2, 0) is 0 Å². The second-order valence-electron chi connectivity index (χ2n) is 18.4. The maximum Gasteiger partial charge on any atom is 0.205 e. The van der Waals surface area contributed by atoms with E-state index in [-0.39, 0.29) is 62.2 Å². The molecule has 0 radical (unpaired) electrons. The van der Waals surface area contributed by atoms with Crippen molar-refractivity contribution in [3.63, 3.8) is 0 Å². The Balaban J connectivity index is 0.714. The summed E-state index contributed by atoms with van der Waals surface area (Å²) in [5, 5.41) is 0. The SMILES string of the molecule is O=C(c1ccc(Oc2ccc(C(=O)c3ccc(Oc4c(F)c(F)c(-c5c(F)c(F)c(F)c(F)c5F)c(F)c4F)cc3)cc2)cc1)c1ccc(Oc2ccc(C(=O)c3ccc(Oc4c(F)c(F)c(-c5c(F)c(F)c(F)c(F)c5F)c(F)c4F)cc3)cc2)cc1. The van der Waals surface area contributed by atoms with Crippen LogP contribution >= 0.6 is 0 Å². The monoisotopic (exact) mass is 1230 g/mol. The smallest absolute Gasteiger partial charge is 0.205 e. The van der Waals surface area contributed by atoms with Gasteiger partial charge >= 0.3 is 0 Å². The van der Waals surface area contributed by atoms with E-state index in [2.05, 4.69) is 0 Å². The molecule has 0 saturated carbocycles. The second-order valence-corrected chi connectivity index (χ2v) is 18.4. The zero-order valence-corrected chi connectivity index (χ0v) is 43.0. The van der Waals surface area contributed by atoms with Crippen LogP contribution in [0.2, 0.25) is 0 Å². The Bertz CT molecular complexity index is 4090. The summed E-state index contributed by atoms with van der Waals surface area (Å²) >= 11 is 0. The van der Waals surface area contributed by atoms with Gasteiger partial charge in [0.05, 0.1) is 22.3 Å². The molecule has 88 heavy (non-hydrogen) atoms. The van der Waals surface area contributed by atoms with Crippen molar-refractivity contribution in [1.29, 1.82) is 0 Å². The van der Waals surface area contributed by atoms with E-state index in [1.165, 1.54) is 97.1 Å². The molecule has 0 spiro atoms. The summed E-state index contributed by atoms with van der Waals surface area (Å²) in [5.74, 6) is -51.8. The van der Waals surface area contributed by atoms with E-state index in [1.54, 1.807) is 0 Å². The van der Waals surface area contributed by atoms with Gasteiger partial charge in [-0.3, -0.25) is 14.4 Å². The molecule has 0 atom stereocenters. The molecule has 7 nitrogen and oxygen atoms in total. The van der Waals surface area contributed by atoms with E-state index in [0.717, 1.165) is 48.5 Å². The molecule has 10 aromatic rings. The molecule has 10 rings (SSSR count). The highest BCUT2D eigenvalue weighted by molar-refractivity contribution is 6.10. The summed E-state index contributed by atoms with van der Waals surface area (Å²) in [6.07, 6.45) is 0. The van der Waals surface area contributed by atoms with Crippen molar-refractivity contribution in [1.82, 2.24) is 0 Å². The number of benzene rings is 10. The first kappa shape index (κ1) is 60.3. The number of carbonyl (C=O) groups excluding carboxylic acids is 3. The molecule has 0 saturated heterocycles. The summed E-state index contributed by atoms with van der Waals surface area (Å²) < 4.78 is 281. The molecule has 0 aliphatic carbocycles. The molecular formula is C63H24F18O7. The van der Waals surface area contributed by atoms with Crippen LogP contribution in [0, 0.1) is 105 Å². The molecule has 0 aromatic heterocycles. The van der Waals surface area contributed by atoms with E-state index in [0.29, 0.717) is 0 Å². The maximum absolute atomic E-state index is 15.0. The van der Waals surface area contributed by atoms with Crippen LogP contribution in [0.5, 0.6) is 46.0 Å². The average molecular weight is 1230 g/mol. The van der Waals surface area contributed by atoms with Crippen molar-refractivity contribution < 1.29 is 112 Å². The Hall–Kier alpha value is -10.9. The Labute approximate surface area is 480 Å². The van der Waals surface area contributed by atoms with E-state index >= 15 is 17.6 Å². The largest absolute Gasteiger partial charge is 0.457 e. The van der Waals surface area contributed by atoms with Gasteiger partial charge in [0.1, 0.15) is 34.5 Å². The van der Waals surface area contributed by atoms with Crippen LogP contribution < -0.4 is 18.9 Å². The Morgan fingerprint density at radius 1 is 0.182 bits per heavy atom. The number of halogens is 18. The van der Waals surface area contributed by atoms with Gasteiger partial charge in [-0.15, -0.1) is 0 Å². The number of carbonyl (C=O) groups is 3. The number of ether oxygens (including phenoxy) is 4. The van der Waals surface area contributed by atoms with Gasteiger partial charge in [0.25, 0.3) is 0 Å².